The number of piperidine rings is 1. The molecule has 0 aliphatic carbocycles. The molecule has 0 atom stereocenters. The average Bonchev–Trinajstić information content (AvgIpc) is 3.53. The van der Waals surface area contributed by atoms with Crippen molar-refractivity contribution < 1.29 is 43.2 Å². The molecule has 2 aromatic carbocycles. The molecule has 5 rings (SSSR count). The molecule has 3 N–H and O–H groups in total. The Bertz CT molecular complexity index is 1800. The molecule has 1 aliphatic heterocycles. The van der Waals surface area contributed by atoms with E-state index in [9.17, 15) is 19.2 Å². The summed E-state index contributed by atoms with van der Waals surface area (Å²) in [5.74, 6) is 0.101. The van der Waals surface area contributed by atoms with Gasteiger partial charge >= 0.3 is 18.0 Å². The van der Waals surface area contributed by atoms with E-state index >= 15 is 0 Å². The van der Waals surface area contributed by atoms with Gasteiger partial charge in [-0.05, 0) is 67.7 Å². The number of hydrogen-bond acceptors (Lipinski definition) is 10. The number of rotatable bonds is 15. The van der Waals surface area contributed by atoms with Gasteiger partial charge in [0.2, 0.25) is 0 Å². The number of carbonyl (C=O) groups excluding carboxylic acids is 3. The molecule has 2 aromatic heterocycles. The molecule has 0 spiro atoms. The summed E-state index contributed by atoms with van der Waals surface area (Å²) in [6.07, 6.45) is 4.72. The van der Waals surface area contributed by atoms with E-state index in [-0.39, 0.29) is 38.0 Å². The number of ether oxygens (including phenoxy) is 4. The monoisotopic (exact) mass is 687 g/mol. The van der Waals surface area contributed by atoms with E-state index < -0.39 is 11.9 Å². The predicted octanol–water partition coefficient (Wildman–Crippen LogP) is 4.88. The first kappa shape index (κ1) is 35.8. The van der Waals surface area contributed by atoms with Gasteiger partial charge in [-0.3, -0.25) is 23.9 Å². The fourth-order valence-electron chi connectivity index (χ4n) is 5.69. The van der Waals surface area contributed by atoms with E-state index in [0.29, 0.717) is 53.2 Å². The van der Waals surface area contributed by atoms with Crippen molar-refractivity contribution in [3.8, 4) is 17.2 Å². The van der Waals surface area contributed by atoms with Gasteiger partial charge in [0.15, 0.2) is 11.5 Å². The Kier molecular flexibility index (Phi) is 12.4. The minimum Gasteiger partial charge on any atom is -0.487 e. The largest absolute Gasteiger partial charge is 0.487 e. The number of carboxylic acids is 1. The molecular weight excluding hydrogens is 646 g/mol. The third kappa shape index (κ3) is 9.57. The molecule has 1 fully saturated rings. The van der Waals surface area contributed by atoms with Crippen LogP contribution in [-0.4, -0.2) is 97.0 Å². The number of carbonyl (C=O) groups is 4. The van der Waals surface area contributed by atoms with E-state index in [1.54, 1.807) is 62.8 Å². The molecule has 3 heterocycles. The first-order chi connectivity index (χ1) is 24.2. The number of anilines is 1. The summed E-state index contributed by atoms with van der Waals surface area (Å²) in [5.41, 5.74) is 2.29. The van der Waals surface area contributed by atoms with Crippen LogP contribution in [0.5, 0.6) is 17.2 Å². The van der Waals surface area contributed by atoms with Gasteiger partial charge in [0.1, 0.15) is 24.8 Å². The number of aromatic nitrogens is 2. The van der Waals surface area contributed by atoms with E-state index in [2.05, 4.69) is 20.5 Å². The second-order valence-corrected chi connectivity index (χ2v) is 11.7. The highest BCUT2D eigenvalue weighted by molar-refractivity contribution is 6.03. The van der Waals surface area contributed by atoms with Gasteiger partial charge in [-0.2, -0.15) is 0 Å². The Labute approximate surface area is 289 Å². The van der Waals surface area contributed by atoms with E-state index in [1.165, 1.54) is 10.8 Å². The fraction of sp³-hybridized carbons (Fsp3) is 0.361. The molecule has 2 amide bonds. The van der Waals surface area contributed by atoms with Crippen LogP contribution in [0.2, 0.25) is 0 Å². The summed E-state index contributed by atoms with van der Waals surface area (Å²) in [4.78, 5) is 54.2. The zero-order valence-electron chi connectivity index (χ0n) is 28.1. The minimum atomic E-state index is -1.02. The lowest BCUT2D eigenvalue weighted by atomic mass is 9.89. The molecule has 0 bridgehead atoms. The first-order valence-corrected chi connectivity index (χ1v) is 16.4. The summed E-state index contributed by atoms with van der Waals surface area (Å²) in [7, 11) is 3.14. The highest BCUT2D eigenvalue weighted by Gasteiger charge is 2.21. The van der Waals surface area contributed by atoms with Crippen molar-refractivity contribution in [2.24, 2.45) is 0 Å². The number of esters is 1. The van der Waals surface area contributed by atoms with Crippen LogP contribution in [0.3, 0.4) is 0 Å². The van der Waals surface area contributed by atoms with Crippen LogP contribution < -0.4 is 20.1 Å². The lowest BCUT2D eigenvalue weighted by Crippen LogP contribution is -2.35. The van der Waals surface area contributed by atoms with Crippen molar-refractivity contribution in [1.29, 1.82) is 0 Å². The summed E-state index contributed by atoms with van der Waals surface area (Å²) in [6, 6.07) is 15.9. The number of nitrogens with one attached hydrogen (secondary N) is 2. The summed E-state index contributed by atoms with van der Waals surface area (Å²) >= 11 is 0. The summed E-state index contributed by atoms with van der Waals surface area (Å²) in [5, 5.41) is 14.9. The number of likely N-dealkylation sites (tertiary alicyclic amines) is 1. The maximum Gasteiger partial charge on any atom is 0.325 e. The van der Waals surface area contributed by atoms with Gasteiger partial charge in [-0.15, -0.1) is 0 Å². The van der Waals surface area contributed by atoms with Crippen LogP contribution in [0.25, 0.3) is 10.9 Å². The number of pyridine rings is 1. The maximum atomic E-state index is 13.1. The van der Waals surface area contributed by atoms with Gasteiger partial charge in [-0.1, -0.05) is 12.1 Å². The van der Waals surface area contributed by atoms with Crippen molar-refractivity contribution in [2.45, 2.75) is 31.6 Å². The second kappa shape index (κ2) is 17.3. The second-order valence-electron chi connectivity index (χ2n) is 11.7. The Morgan fingerprint density at radius 3 is 2.44 bits per heavy atom. The number of fused-ring (bicyclic) bond motifs is 1. The Balaban J connectivity index is 1.16. The third-order valence-corrected chi connectivity index (χ3v) is 8.38. The smallest absolute Gasteiger partial charge is 0.325 e. The highest BCUT2D eigenvalue weighted by Crippen LogP contribution is 2.37. The van der Waals surface area contributed by atoms with Crippen LogP contribution in [0.4, 0.5) is 10.6 Å². The first-order valence-electron chi connectivity index (χ1n) is 16.4. The predicted molar refractivity (Wildman–Crippen MR) is 184 cm³/mol. The molecule has 0 saturated carbocycles. The van der Waals surface area contributed by atoms with Crippen LogP contribution >= 0.6 is 0 Å². The van der Waals surface area contributed by atoms with Crippen LogP contribution in [-0.2, 0) is 19.1 Å². The standard InChI is InChI=1S/C36H41N5O9/c1-37-36(46)41-16-12-27-21-31(30(23-29(27)41)48-20-19-47-2)50-28-9-13-38-32(22-28)39-35(45)26-5-3-24(4-6-26)25-10-14-40(15-11-25)17-18-49-34(44)8-7-33(42)43/h3-6,9,12-13,16,21-23,25H,7-8,10-11,14-15,17-20H2,1-2H3,(H,37,46)(H,42,43)(H,38,39,45). The summed E-state index contributed by atoms with van der Waals surface area (Å²) in [6.45, 7) is 3.18. The molecule has 0 unspecified atom stereocenters. The van der Waals surface area contributed by atoms with E-state index in [4.69, 9.17) is 24.1 Å². The number of nitrogens with zero attached hydrogens (tertiary/aromatic N) is 3. The van der Waals surface area contributed by atoms with Crippen molar-refractivity contribution in [2.75, 3.05) is 58.9 Å². The molecule has 1 saturated heterocycles. The van der Waals surface area contributed by atoms with E-state index in [0.717, 1.165) is 36.9 Å². The zero-order chi connectivity index (χ0) is 35.5. The van der Waals surface area contributed by atoms with Gasteiger partial charge < -0.3 is 34.7 Å². The topological polar surface area (TPSA) is 171 Å². The minimum absolute atomic E-state index is 0.119. The molecule has 1 aliphatic rings. The average molecular weight is 688 g/mol. The maximum absolute atomic E-state index is 13.1. The van der Waals surface area contributed by atoms with Crippen molar-refractivity contribution >= 4 is 40.6 Å². The zero-order valence-corrected chi connectivity index (χ0v) is 28.1. The van der Waals surface area contributed by atoms with Gasteiger partial charge in [-0.25, -0.2) is 9.78 Å². The number of benzene rings is 2. The quantitative estimate of drug-likeness (QED) is 0.115. The lowest BCUT2D eigenvalue weighted by Gasteiger charge is -2.32. The summed E-state index contributed by atoms with van der Waals surface area (Å²) < 4.78 is 23.9. The highest BCUT2D eigenvalue weighted by atomic mass is 16.5. The lowest BCUT2D eigenvalue weighted by molar-refractivity contribution is -0.148. The Morgan fingerprint density at radius 2 is 1.72 bits per heavy atom. The van der Waals surface area contributed by atoms with E-state index in [1.807, 2.05) is 12.1 Å². The number of aliphatic carboxylic acids is 1. The molecule has 50 heavy (non-hydrogen) atoms. The van der Waals surface area contributed by atoms with Crippen molar-refractivity contribution in [3.05, 3.63) is 78.1 Å². The number of amides is 2. The van der Waals surface area contributed by atoms with Crippen molar-refractivity contribution in [1.82, 2.24) is 19.8 Å². The number of hydrogen-bond donors (Lipinski definition) is 3. The van der Waals surface area contributed by atoms with Crippen LogP contribution in [0, 0.1) is 0 Å². The van der Waals surface area contributed by atoms with Crippen molar-refractivity contribution in [3.63, 3.8) is 0 Å². The Morgan fingerprint density at radius 1 is 0.940 bits per heavy atom. The molecular formula is C36H41N5O9. The fourth-order valence-corrected chi connectivity index (χ4v) is 5.69. The normalized spacial score (nSPS) is 13.5. The molecule has 264 valence electrons. The molecule has 4 aromatic rings. The third-order valence-electron chi connectivity index (χ3n) is 8.38. The molecule has 0 radical (unpaired) electrons. The van der Waals surface area contributed by atoms with Crippen LogP contribution in [0.1, 0.15) is 47.5 Å². The number of carboxylic acid groups (broad SMARTS) is 1. The Hall–Kier alpha value is -5.47. The molecule has 14 heteroatoms. The molecule has 14 nitrogen and oxygen atoms in total. The van der Waals surface area contributed by atoms with Gasteiger partial charge in [0, 0.05) is 56.2 Å². The van der Waals surface area contributed by atoms with Crippen LogP contribution in [0.15, 0.2) is 67.0 Å². The van der Waals surface area contributed by atoms with Gasteiger partial charge in [0.05, 0.1) is 25.0 Å². The SMILES string of the molecule is CNC(=O)n1ccc2cc(Oc3ccnc(NC(=O)c4ccc(C5CCN(CCOC(=O)CCC(=O)O)CC5)cc4)c3)c(OCCOC)cc21. The number of methoxy groups -OCH3 is 1. The van der Waals surface area contributed by atoms with Gasteiger partial charge in [0.25, 0.3) is 5.91 Å².